The van der Waals surface area contributed by atoms with Gasteiger partial charge < -0.3 is 24.3 Å². The second-order valence-corrected chi connectivity index (χ2v) is 5.87. The largest absolute Gasteiger partial charge is 0.490 e. The highest BCUT2D eigenvalue weighted by Gasteiger charge is 2.21. The minimum Gasteiger partial charge on any atom is -0.490 e. The van der Waals surface area contributed by atoms with Crippen LogP contribution in [0.3, 0.4) is 0 Å². The number of nitrogens with one attached hydrogen (secondary N) is 1. The van der Waals surface area contributed by atoms with Gasteiger partial charge in [-0.1, -0.05) is 13.0 Å². The van der Waals surface area contributed by atoms with Gasteiger partial charge in [0.15, 0.2) is 17.3 Å². The molecule has 0 spiro atoms. The third-order valence-corrected chi connectivity index (χ3v) is 4.00. The van der Waals surface area contributed by atoms with E-state index >= 15 is 0 Å². The molecule has 1 aromatic carbocycles. The average Bonchev–Trinajstić information content (AvgIpc) is 3.08. The van der Waals surface area contributed by atoms with Crippen LogP contribution in [0.15, 0.2) is 28.7 Å². The minimum atomic E-state index is -1.12. The standard InChI is InChI=1S/C20H25NO6/c1-5-15-14(20(23)24)11-18(27-15)19(22)21-12(4)13-8-9-16(25-6-2)17(10-13)26-7-3/h8-12H,5-7H2,1-4H3,(H,21,22)(H,23,24). The smallest absolute Gasteiger partial charge is 0.339 e. The van der Waals surface area contributed by atoms with Crippen LogP contribution in [0.5, 0.6) is 11.5 Å². The van der Waals surface area contributed by atoms with Crippen molar-refractivity contribution in [3.05, 3.63) is 46.9 Å². The van der Waals surface area contributed by atoms with Crippen molar-refractivity contribution in [1.82, 2.24) is 5.32 Å². The first-order chi connectivity index (χ1) is 12.9. The molecule has 1 aromatic heterocycles. The Morgan fingerprint density at radius 3 is 2.33 bits per heavy atom. The molecule has 1 amide bonds. The SMILES string of the molecule is CCOc1ccc(C(C)NC(=O)c2cc(C(=O)O)c(CC)o2)cc1OCC. The lowest BCUT2D eigenvalue weighted by Crippen LogP contribution is -2.26. The number of carbonyl (C=O) groups is 2. The Balaban J connectivity index is 2.18. The minimum absolute atomic E-state index is 0.00926. The van der Waals surface area contributed by atoms with E-state index in [1.807, 2.05) is 32.9 Å². The van der Waals surface area contributed by atoms with Gasteiger partial charge in [0, 0.05) is 12.5 Å². The van der Waals surface area contributed by atoms with Gasteiger partial charge in [-0.2, -0.15) is 0 Å². The number of hydrogen-bond acceptors (Lipinski definition) is 5. The fraction of sp³-hybridized carbons (Fsp3) is 0.400. The fourth-order valence-electron chi connectivity index (χ4n) is 2.67. The molecule has 1 atom stereocenters. The Bertz CT molecular complexity index is 811. The number of rotatable bonds is 9. The van der Waals surface area contributed by atoms with Crippen LogP contribution >= 0.6 is 0 Å². The van der Waals surface area contributed by atoms with Crippen molar-refractivity contribution in [3.63, 3.8) is 0 Å². The van der Waals surface area contributed by atoms with Crippen molar-refractivity contribution in [3.8, 4) is 11.5 Å². The number of ether oxygens (including phenoxy) is 2. The van der Waals surface area contributed by atoms with Gasteiger partial charge in [0.05, 0.1) is 19.3 Å². The Kier molecular flexibility index (Phi) is 6.87. The quantitative estimate of drug-likeness (QED) is 0.691. The van der Waals surface area contributed by atoms with Gasteiger partial charge in [-0.15, -0.1) is 0 Å². The number of carboxylic acids is 1. The van der Waals surface area contributed by atoms with Crippen molar-refractivity contribution in [2.45, 2.75) is 40.2 Å². The summed E-state index contributed by atoms with van der Waals surface area (Å²) in [6.45, 7) is 8.39. The molecule has 146 valence electrons. The Labute approximate surface area is 158 Å². The van der Waals surface area contributed by atoms with Gasteiger partial charge in [-0.3, -0.25) is 4.79 Å². The van der Waals surface area contributed by atoms with Crippen molar-refractivity contribution in [2.24, 2.45) is 0 Å². The zero-order chi connectivity index (χ0) is 20.0. The predicted octanol–water partition coefficient (Wildman–Crippen LogP) is 3.83. The lowest BCUT2D eigenvalue weighted by Gasteiger charge is -2.17. The Hall–Kier alpha value is -2.96. The molecule has 0 bridgehead atoms. The summed E-state index contributed by atoms with van der Waals surface area (Å²) in [5, 5.41) is 12.0. The highest BCUT2D eigenvalue weighted by molar-refractivity contribution is 5.96. The number of benzene rings is 1. The van der Waals surface area contributed by atoms with E-state index in [0.29, 0.717) is 31.1 Å². The molecule has 27 heavy (non-hydrogen) atoms. The zero-order valence-corrected chi connectivity index (χ0v) is 16.0. The van der Waals surface area contributed by atoms with E-state index in [2.05, 4.69) is 5.32 Å². The summed E-state index contributed by atoms with van der Waals surface area (Å²) in [6.07, 6.45) is 0.390. The molecule has 2 rings (SSSR count). The van der Waals surface area contributed by atoms with Gasteiger partial charge in [-0.25, -0.2) is 4.79 Å². The summed E-state index contributed by atoms with van der Waals surface area (Å²) in [5.41, 5.74) is 0.839. The Morgan fingerprint density at radius 1 is 1.11 bits per heavy atom. The van der Waals surface area contributed by atoms with Crippen LogP contribution in [-0.2, 0) is 6.42 Å². The molecule has 1 unspecified atom stereocenters. The number of carboxylic acid groups (broad SMARTS) is 1. The van der Waals surface area contributed by atoms with Crippen LogP contribution in [0.1, 0.15) is 66.0 Å². The normalized spacial score (nSPS) is 11.7. The number of furan rings is 1. The predicted molar refractivity (Wildman–Crippen MR) is 99.7 cm³/mol. The third-order valence-electron chi connectivity index (χ3n) is 4.00. The molecule has 7 heteroatoms. The van der Waals surface area contributed by atoms with E-state index in [0.717, 1.165) is 5.56 Å². The molecule has 0 radical (unpaired) electrons. The van der Waals surface area contributed by atoms with E-state index in [4.69, 9.17) is 13.9 Å². The average molecular weight is 375 g/mol. The molecule has 0 aliphatic heterocycles. The van der Waals surface area contributed by atoms with E-state index in [1.54, 1.807) is 13.0 Å². The first-order valence-electron chi connectivity index (χ1n) is 8.97. The number of carbonyl (C=O) groups excluding carboxylic acids is 1. The van der Waals surface area contributed by atoms with E-state index in [9.17, 15) is 14.7 Å². The number of aromatic carboxylic acids is 1. The van der Waals surface area contributed by atoms with Gasteiger partial charge in [0.2, 0.25) is 0 Å². The summed E-state index contributed by atoms with van der Waals surface area (Å²) >= 11 is 0. The van der Waals surface area contributed by atoms with Crippen molar-refractivity contribution < 1.29 is 28.6 Å². The molecule has 0 saturated carbocycles. The van der Waals surface area contributed by atoms with Crippen LogP contribution < -0.4 is 14.8 Å². The number of aryl methyl sites for hydroxylation is 1. The summed E-state index contributed by atoms with van der Waals surface area (Å²) < 4.78 is 16.6. The van der Waals surface area contributed by atoms with Crippen LogP contribution in [0, 0.1) is 0 Å². The highest BCUT2D eigenvalue weighted by Crippen LogP contribution is 2.31. The monoisotopic (exact) mass is 375 g/mol. The summed E-state index contributed by atoms with van der Waals surface area (Å²) in [4.78, 5) is 23.7. The van der Waals surface area contributed by atoms with Crippen LogP contribution in [0.4, 0.5) is 0 Å². The molecular formula is C20H25NO6. The third kappa shape index (κ3) is 4.81. The maximum Gasteiger partial charge on any atom is 0.339 e. The van der Waals surface area contributed by atoms with Crippen LogP contribution in [0.2, 0.25) is 0 Å². The van der Waals surface area contributed by atoms with Gasteiger partial charge in [0.25, 0.3) is 5.91 Å². The maximum atomic E-state index is 12.5. The van der Waals surface area contributed by atoms with E-state index < -0.39 is 11.9 Å². The van der Waals surface area contributed by atoms with Crippen molar-refractivity contribution in [2.75, 3.05) is 13.2 Å². The first-order valence-corrected chi connectivity index (χ1v) is 8.97. The van der Waals surface area contributed by atoms with Gasteiger partial charge in [0.1, 0.15) is 11.3 Å². The topological polar surface area (TPSA) is 98.0 Å². The molecule has 0 aliphatic rings. The van der Waals surface area contributed by atoms with Crippen molar-refractivity contribution in [1.29, 1.82) is 0 Å². The lowest BCUT2D eigenvalue weighted by molar-refractivity contribution is 0.0694. The molecule has 0 saturated heterocycles. The fourth-order valence-corrected chi connectivity index (χ4v) is 2.67. The molecule has 7 nitrogen and oxygen atoms in total. The van der Waals surface area contributed by atoms with Crippen LogP contribution in [0.25, 0.3) is 0 Å². The molecular weight excluding hydrogens is 350 g/mol. The highest BCUT2D eigenvalue weighted by atomic mass is 16.5. The summed E-state index contributed by atoms with van der Waals surface area (Å²) in [5.74, 6) is -0.0806. The molecule has 0 fully saturated rings. The van der Waals surface area contributed by atoms with E-state index in [1.165, 1.54) is 6.07 Å². The van der Waals surface area contributed by atoms with Crippen molar-refractivity contribution >= 4 is 11.9 Å². The molecule has 1 heterocycles. The summed E-state index contributed by atoms with van der Waals surface area (Å²) in [6, 6.07) is 6.39. The second-order valence-electron chi connectivity index (χ2n) is 5.87. The molecule has 2 N–H and O–H groups in total. The molecule has 2 aromatic rings. The maximum absolute atomic E-state index is 12.5. The van der Waals surface area contributed by atoms with E-state index in [-0.39, 0.29) is 23.1 Å². The number of amides is 1. The number of hydrogen-bond donors (Lipinski definition) is 2. The second kappa shape index (κ2) is 9.12. The Morgan fingerprint density at radius 2 is 1.78 bits per heavy atom. The lowest BCUT2D eigenvalue weighted by atomic mass is 10.1. The van der Waals surface area contributed by atoms with Gasteiger partial charge >= 0.3 is 5.97 Å². The molecule has 0 aliphatic carbocycles. The first kappa shape index (κ1) is 20.4. The van der Waals surface area contributed by atoms with Gasteiger partial charge in [-0.05, 0) is 38.5 Å². The van der Waals surface area contributed by atoms with Crippen LogP contribution in [-0.4, -0.2) is 30.2 Å². The zero-order valence-electron chi connectivity index (χ0n) is 16.0. The summed E-state index contributed by atoms with van der Waals surface area (Å²) in [7, 11) is 0.